The standard InChI is InChI=1S/C27H19N/c1-27(2)21-10-6-5-9-18(21)24-19-13-14-28-23-12-11-16-7-3-4-8-17(16)25(23)20(26(19)28)15-22(24)27/h3-15H,1-2H3. The maximum Gasteiger partial charge on any atom is 0.0614 e. The molecule has 0 amide bonds. The van der Waals surface area contributed by atoms with E-state index in [2.05, 4.69) is 97.2 Å². The minimum Gasteiger partial charge on any atom is -0.315 e. The minimum absolute atomic E-state index is 0.0199. The number of rotatable bonds is 0. The number of fused-ring (bicyclic) bond motifs is 9. The molecular formula is C27H19N. The van der Waals surface area contributed by atoms with Gasteiger partial charge in [-0.2, -0.15) is 0 Å². The quantitative estimate of drug-likeness (QED) is 0.272. The van der Waals surface area contributed by atoms with Crippen LogP contribution in [-0.2, 0) is 5.41 Å². The molecule has 7 rings (SSSR count). The molecule has 0 bridgehead atoms. The number of aromatic nitrogens is 1. The molecule has 0 N–H and O–H groups in total. The molecule has 1 heteroatoms. The van der Waals surface area contributed by atoms with Crippen LogP contribution in [0.4, 0.5) is 0 Å². The lowest BCUT2D eigenvalue weighted by atomic mass is 9.81. The van der Waals surface area contributed by atoms with Gasteiger partial charge in [-0.05, 0) is 51.2 Å². The second kappa shape index (κ2) is 4.56. The molecule has 0 spiro atoms. The molecule has 0 radical (unpaired) electrons. The maximum atomic E-state index is 2.48. The second-order valence-corrected chi connectivity index (χ2v) is 8.65. The van der Waals surface area contributed by atoms with Gasteiger partial charge in [0.2, 0.25) is 0 Å². The molecule has 2 aromatic heterocycles. The Morgan fingerprint density at radius 3 is 2.46 bits per heavy atom. The summed E-state index contributed by atoms with van der Waals surface area (Å²) >= 11 is 0. The van der Waals surface area contributed by atoms with Gasteiger partial charge in [-0.1, -0.05) is 68.4 Å². The third-order valence-electron chi connectivity index (χ3n) is 6.95. The highest BCUT2D eigenvalue weighted by Gasteiger charge is 2.37. The molecule has 0 saturated carbocycles. The molecule has 0 saturated heterocycles. The highest BCUT2D eigenvalue weighted by Crippen LogP contribution is 2.53. The van der Waals surface area contributed by atoms with E-state index in [1.54, 1.807) is 0 Å². The summed E-state index contributed by atoms with van der Waals surface area (Å²) in [5, 5.41) is 6.80. The lowest BCUT2D eigenvalue weighted by Gasteiger charge is -2.21. The lowest BCUT2D eigenvalue weighted by molar-refractivity contribution is 0.661. The molecule has 2 heterocycles. The Kier molecular flexibility index (Phi) is 2.39. The Morgan fingerprint density at radius 2 is 1.54 bits per heavy atom. The molecule has 1 aliphatic carbocycles. The van der Waals surface area contributed by atoms with Crippen molar-refractivity contribution in [2.45, 2.75) is 19.3 Å². The molecule has 1 aliphatic rings. The van der Waals surface area contributed by atoms with Crippen LogP contribution in [-0.4, -0.2) is 4.40 Å². The first-order valence-electron chi connectivity index (χ1n) is 9.97. The summed E-state index contributed by atoms with van der Waals surface area (Å²) in [4.78, 5) is 0. The Morgan fingerprint density at radius 1 is 0.714 bits per heavy atom. The average molecular weight is 357 g/mol. The van der Waals surface area contributed by atoms with E-state index in [-0.39, 0.29) is 5.41 Å². The first-order chi connectivity index (χ1) is 13.7. The van der Waals surface area contributed by atoms with E-state index in [1.807, 2.05) is 0 Å². The van der Waals surface area contributed by atoms with Gasteiger partial charge in [0.25, 0.3) is 0 Å². The number of benzene rings is 4. The van der Waals surface area contributed by atoms with Crippen LogP contribution in [0.15, 0.2) is 79.0 Å². The average Bonchev–Trinajstić information content (AvgIpc) is 3.36. The van der Waals surface area contributed by atoms with Gasteiger partial charge in [-0.3, -0.25) is 0 Å². The third kappa shape index (κ3) is 1.49. The van der Waals surface area contributed by atoms with Crippen molar-refractivity contribution in [3.63, 3.8) is 0 Å². The van der Waals surface area contributed by atoms with Gasteiger partial charge in [-0.15, -0.1) is 0 Å². The molecule has 0 unspecified atom stereocenters. The molecular weight excluding hydrogens is 338 g/mol. The smallest absolute Gasteiger partial charge is 0.0614 e. The Balaban J connectivity index is 1.78. The summed E-state index contributed by atoms with van der Waals surface area (Å²) < 4.78 is 2.39. The molecule has 28 heavy (non-hydrogen) atoms. The molecule has 132 valence electrons. The summed E-state index contributed by atoms with van der Waals surface area (Å²) in [6.07, 6.45) is 2.25. The van der Waals surface area contributed by atoms with E-state index >= 15 is 0 Å². The van der Waals surface area contributed by atoms with Crippen molar-refractivity contribution < 1.29 is 0 Å². The van der Waals surface area contributed by atoms with Crippen LogP contribution < -0.4 is 0 Å². The van der Waals surface area contributed by atoms with Gasteiger partial charge in [0, 0.05) is 27.8 Å². The minimum atomic E-state index is 0.0199. The fourth-order valence-electron chi connectivity index (χ4n) is 5.65. The molecule has 0 aliphatic heterocycles. The van der Waals surface area contributed by atoms with Gasteiger partial charge in [0.05, 0.1) is 11.0 Å². The van der Waals surface area contributed by atoms with Crippen LogP contribution in [0.2, 0.25) is 0 Å². The van der Waals surface area contributed by atoms with Crippen LogP contribution in [0.25, 0.3) is 49.1 Å². The first-order valence-corrected chi connectivity index (χ1v) is 9.97. The van der Waals surface area contributed by atoms with Gasteiger partial charge in [0.1, 0.15) is 0 Å². The third-order valence-corrected chi connectivity index (χ3v) is 6.95. The number of nitrogens with zero attached hydrogens (tertiary/aromatic N) is 1. The maximum absolute atomic E-state index is 2.48. The van der Waals surface area contributed by atoms with E-state index in [4.69, 9.17) is 0 Å². The molecule has 1 nitrogen and oxygen atoms in total. The van der Waals surface area contributed by atoms with E-state index in [1.165, 1.54) is 60.2 Å². The first kappa shape index (κ1) is 14.7. The highest BCUT2D eigenvalue weighted by atomic mass is 14.9. The fraction of sp³-hybridized carbons (Fsp3) is 0.111. The Hall–Kier alpha value is -3.32. The van der Waals surface area contributed by atoms with E-state index in [0.29, 0.717) is 0 Å². The van der Waals surface area contributed by atoms with Crippen molar-refractivity contribution in [2.75, 3.05) is 0 Å². The zero-order valence-electron chi connectivity index (χ0n) is 16.0. The molecule has 6 aromatic rings. The van der Waals surface area contributed by atoms with Crippen LogP contribution >= 0.6 is 0 Å². The Labute approximate surface area is 163 Å². The van der Waals surface area contributed by atoms with Crippen molar-refractivity contribution in [1.29, 1.82) is 0 Å². The largest absolute Gasteiger partial charge is 0.315 e. The highest BCUT2D eigenvalue weighted by molar-refractivity contribution is 6.26. The summed E-state index contributed by atoms with van der Waals surface area (Å²) in [5.74, 6) is 0. The summed E-state index contributed by atoms with van der Waals surface area (Å²) in [6.45, 7) is 4.73. The van der Waals surface area contributed by atoms with Crippen LogP contribution in [0.3, 0.4) is 0 Å². The van der Waals surface area contributed by atoms with Crippen molar-refractivity contribution in [3.05, 3.63) is 90.1 Å². The van der Waals surface area contributed by atoms with Gasteiger partial charge in [0.15, 0.2) is 0 Å². The van der Waals surface area contributed by atoms with Crippen molar-refractivity contribution in [2.24, 2.45) is 0 Å². The van der Waals surface area contributed by atoms with Crippen molar-refractivity contribution in [1.82, 2.24) is 4.40 Å². The zero-order chi connectivity index (χ0) is 18.6. The molecule has 0 fully saturated rings. The van der Waals surface area contributed by atoms with Crippen molar-refractivity contribution in [3.8, 4) is 11.1 Å². The number of hydrogen-bond acceptors (Lipinski definition) is 0. The normalized spacial score (nSPS) is 15.1. The van der Waals surface area contributed by atoms with Crippen molar-refractivity contribution >= 4 is 38.0 Å². The molecule has 4 aromatic carbocycles. The molecule has 0 atom stereocenters. The number of hydrogen-bond donors (Lipinski definition) is 0. The van der Waals surface area contributed by atoms with Crippen LogP contribution in [0.1, 0.15) is 25.0 Å². The fourth-order valence-corrected chi connectivity index (χ4v) is 5.65. The SMILES string of the molecule is CC1(C)c2ccccc2-c2c1cc1c3c4ccccc4ccc3n3ccc2c13. The summed E-state index contributed by atoms with van der Waals surface area (Å²) in [5.41, 5.74) is 8.40. The van der Waals surface area contributed by atoms with Crippen LogP contribution in [0, 0.1) is 0 Å². The Bertz CT molecular complexity index is 1580. The topological polar surface area (TPSA) is 4.41 Å². The van der Waals surface area contributed by atoms with Gasteiger partial charge >= 0.3 is 0 Å². The van der Waals surface area contributed by atoms with Gasteiger partial charge in [-0.25, -0.2) is 0 Å². The predicted molar refractivity (Wildman–Crippen MR) is 119 cm³/mol. The second-order valence-electron chi connectivity index (χ2n) is 8.65. The lowest BCUT2D eigenvalue weighted by Crippen LogP contribution is -2.14. The van der Waals surface area contributed by atoms with E-state index in [9.17, 15) is 0 Å². The zero-order valence-corrected chi connectivity index (χ0v) is 16.0. The summed E-state index contributed by atoms with van der Waals surface area (Å²) in [7, 11) is 0. The monoisotopic (exact) mass is 357 g/mol. The van der Waals surface area contributed by atoms with E-state index < -0.39 is 0 Å². The predicted octanol–water partition coefficient (Wildman–Crippen LogP) is 7.14. The van der Waals surface area contributed by atoms with Crippen LogP contribution in [0.5, 0.6) is 0 Å². The van der Waals surface area contributed by atoms with Gasteiger partial charge < -0.3 is 4.40 Å². The summed E-state index contributed by atoms with van der Waals surface area (Å²) in [6, 6.07) is 27.0. The van der Waals surface area contributed by atoms with E-state index in [0.717, 1.165) is 0 Å².